The number of ether oxygens (including phenoxy) is 1. The topological polar surface area (TPSA) is 9.23 Å². The predicted molar refractivity (Wildman–Crippen MR) is 41.5 cm³/mol. The van der Waals surface area contributed by atoms with Crippen LogP contribution in [0.2, 0.25) is 0 Å². The summed E-state index contributed by atoms with van der Waals surface area (Å²) in [6.45, 7) is 0. The van der Waals surface area contributed by atoms with Crippen molar-refractivity contribution in [3.8, 4) is 5.75 Å². The summed E-state index contributed by atoms with van der Waals surface area (Å²) >= 11 is 0. The molecule has 2 heteroatoms. The van der Waals surface area contributed by atoms with Crippen LogP contribution in [0.5, 0.6) is 5.75 Å². The zero-order valence-electron chi connectivity index (χ0n) is 4.79. The first kappa shape index (κ1) is 9.28. The molecule has 0 saturated carbocycles. The fourth-order valence-corrected chi connectivity index (χ4v) is 0.557. The van der Waals surface area contributed by atoms with Gasteiger partial charge in [-0.15, -0.1) is 0 Å². The van der Waals surface area contributed by atoms with Crippen LogP contribution in [0.15, 0.2) is 30.3 Å². The molecule has 0 atom stereocenters. The van der Waals surface area contributed by atoms with Crippen LogP contribution in [-0.2, 0) is 0 Å². The molecule has 0 aliphatic rings. The second-order valence-corrected chi connectivity index (χ2v) is 1.52. The van der Waals surface area contributed by atoms with Gasteiger partial charge in [-0.25, -0.2) is 0 Å². The maximum atomic E-state index is 4.91. The normalized spacial score (nSPS) is 7.67. The van der Waals surface area contributed by atoms with Crippen molar-refractivity contribution < 1.29 is 4.74 Å². The van der Waals surface area contributed by atoms with E-state index < -0.39 is 0 Å². The average Bonchev–Trinajstić information content (AvgIpc) is 1.90. The van der Waals surface area contributed by atoms with Gasteiger partial charge in [-0.1, -0.05) is 18.2 Å². The molecule has 0 radical (unpaired) electrons. The van der Waals surface area contributed by atoms with Crippen molar-refractivity contribution in [1.82, 2.24) is 0 Å². The molecule has 0 saturated heterocycles. The zero-order chi connectivity index (χ0) is 5.82. The summed E-state index contributed by atoms with van der Waals surface area (Å²) in [5.74, 6) is 0.910. The van der Waals surface area contributed by atoms with Crippen LogP contribution >= 0.6 is 0 Å². The van der Waals surface area contributed by atoms with Crippen LogP contribution in [0, 0.1) is 0 Å². The van der Waals surface area contributed by atoms with Gasteiger partial charge >= 0.3 is 37.7 Å². The van der Waals surface area contributed by atoms with Gasteiger partial charge in [0.25, 0.3) is 0 Å². The summed E-state index contributed by atoms with van der Waals surface area (Å²) in [7, 11) is 1.66. The first-order chi connectivity index (χ1) is 3.93. The summed E-state index contributed by atoms with van der Waals surface area (Å²) in [6, 6.07) is 9.68. The molecule has 9 heavy (non-hydrogen) atoms. The Morgan fingerprint density at radius 3 is 2.00 bits per heavy atom. The van der Waals surface area contributed by atoms with Gasteiger partial charge in [0.15, 0.2) is 0 Å². The quantitative estimate of drug-likeness (QED) is 0.537. The third kappa shape index (κ3) is 3.09. The molecule has 1 aromatic carbocycles. The van der Waals surface area contributed by atoms with E-state index in [4.69, 9.17) is 4.74 Å². The van der Waals surface area contributed by atoms with Gasteiger partial charge in [0.1, 0.15) is 5.75 Å². The van der Waals surface area contributed by atoms with Gasteiger partial charge < -0.3 is 4.74 Å². The summed E-state index contributed by atoms with van der Waals surface area (Å²) in [4.78, 5) is 0. The van der Waals surface area contributed by atoms with Crippen molar-refractivity contribution in [3.05, 3.63) is 30.3 Å². The SMILES string of the molecule is COc1ccccc1.[CaH2]. The number of rotatable bonds is 1. The Morgan fingerprint density at radius 2 is 1.67 bits per heavy atom. The Labute approximate surface area is 85.0 Å². The summed E-state index contributed by atoms with van der Waals surface area (Å²) < 4.78 is 4.91. The molecule has 1 rings (SSSR count). The monoisotopic (exact) mass is 150 g/mol. The molecule has 0 N–H and O–H groups in total. The third-order valence-electron chi connectivity index (χ3n) is 0.979. The first-order valence-electron chi connectivity index (χ1n) is 2.52. The van der Waals surface area contributed by atoms with Crippen LogP contribution in [0.1, 0.15) is 0 Å². The van der Waals surface area contributed by atoms with E-state index in [1.165, 1.54) is 0 Å². The van der Waals surface area contributed by atoms with Crippen LogP contribution < -0.4 is 4.74 Å². The molecular formula is C7H10CaO. The first-order valence-corrected chi connectivity index (χ1v) is 2.52. The number of para-hydroxylation sites is 1. The van der Waals surface area contributed by atoms with Gasteiger partial charge in [0.05, 0.1) is 7.11 Å². The van der Waals surface area contributed by atoms with E-state index in [9.17, 15) is 0 Å². The molecule has 0 spiro atoms. The van der Waals surface area contributed by atoms with E-state index in [-0.39, 0.29) is 37.7 Å². The second kappa shape index (κ2) is 5.10. The zero-order valence-corrected chi connectivity index (χ0v) is 4.79. The van der Waals surface area contributed by atoms with Crippen LogP contribution in [0.3, 0.4) is 0 Å². The minimum absolute atomic E-state index is 0. The molecule has 0 aliphatic carbocycles. The average molecular weight is 150 g/mol. The van der Waals surface area contributed by atoms with Gasteiger partial charge in [-0.05, 0) is 12.1 Å². The molecule has 0 unspecified atom stereocenters. The Hall–Kier alpha value is 0.280. The van der Waals surface area contributed by atoms with Gasteiger partial charge in [0, 0.05) is 0 Å². The Morgan fingerprint density at radius 1 is 1.11 bits per heavy atom. The number of hydrogen-bond donors (Lipinski definition) is 0. The molecule has 0 aliphatic heterocycles. The van der Waals surface area contributed by atoms with Crippen LogP contribution in [-0.4, -0.2) is 44.8 Å². The Bertz CT molecular complexity index is 150. The summed E-state index contributed by atoms with van der Waals surface area (Å²) in [6.07, 6.45) is 0. The van der Waals surface area contributed by atoms with Crippen molar-refractivity contribution >= 4 is 37.7 Å². The molecule has 46 valence electrons. The minimum atomic E-state index is 0. The number of benzene rings is 1. The van der Waals surface area contributed by atoms with Gasteiger partial charge in [-0.3, -0.25) is 0 Å². The molecule has 0 fully saturated rings. The van der Waals surface area contributed by atoms with Crippen molar-refractivity contribution in [2.75, 3.05) is 7.11 Å². The van der Waals surface area contributed by atoms with E-state index in [1.807, 2.05) is 30.3 Å². The van der Waals surface area contributed by atoms with Crippen molar-refractivity contribution in [2.24, 2.45) is 0 Å². The summed E-state index contributed by atoms with van der Waals surface area (Å²) in [5, 5.41) is 0. The fourth-order valence-electron chi connectivity index (χ4n) is 0.557. The number of methoxy groups -OCH3 is 1. The molecule has 0 aromatic heterocycles. The van der Waals surface area contributed by atoms with E-state index in [1.54, 1.807) is 7.11 Å². The third-order valence-corrected chi connectivity index (χ3v) is 0.979. The fraction of sp³-hybridized carbons (Fsp3) is 0.143. The maximum absolute atomic E-state index is 4.91. The van der Waals surface area contributed by atoms with Crippen molar-refractivity contribution in [1.29, 1.82) is 0 Å². The predicted octanol–water partition coefficient (Wildman–Crippen LogP) is 0.779. The molecule has 1 nitrogen and oxygen atoms in total. The molecular weight excluding hydrogens is 140 g/mol. The summed E-state index contributed by atoms with van der Waals surface area (Å²) in [5.41, 5.74) is 0. The second-order valence-electron chi connectivity index (χ2n) is 1.52. The Balaban J connectivity index is 0.000000640. The molecule has 0 heterocycles. The molecule has 1 aromatic rings. The van der Waals surface area contributed by atoms with E-state index in [0.717, 1.165) is 5.75 Å². The van der Waals surface area contributed by atoms with Gasteiger partial charge in [0.2, 0.25) is 0 Å². The van der Waals surface area contributed by atoms with Crippen LogP contribution in [0.4, 0.5) is 0 Å². The standard InChI is InChI=1S/C7H8O.Ca.2H/c1-8-7-5-3-2-4-6-7;;;/h2-6H,1H3;;;. The van der Waals surface area contributed by atoms with Crippen LogP contribution in [0.25, 0.3) is 0 Å². The molecule has 0 bridgehead atoms. The van der Waals surface area contributed by atoms with E-state index in [0.29, 0.717) is 0 Å². The number of hydrogen-bond acceptors (Lipinski definition) is 1. The molecule has 0 amide bonds. The van der Waals surface area contributed by atoms with Crippen molar-refractivity contribution in [2.45, 2.75) is 0 Å². The van der Waals surface area contributed by atoms with E-state index >= 15 is 0 Å². The Kier molecular flexibility index (Phi) is 5.25. The van der Waals surface area contributed by atoms with E-state index in [2.05, 4.69) is 0 Å². The van der Waals surface area contributed by atoms with Crippen molar-refractivity contribution in [3.63, 3.8) is 0 Å². The van der Waals surface area contributed by atoms with Gasteiger partial charge in [-0.2, -0.15) is 0 Å².